The lowest BCUT2D eigenvalue weighted by Crippen LogP contribution is -2.63. The number of piperazine rings is 1. The van der Waals surface area contributed by atoms with Crippen molar-refractivity contribution in [3.63, 3.8) is 0 Å². The number of carbonyl (C=O) groups is 5. The van der Waals surface area contributed by atoms with Gasteiger partial charge in [-0.25, -0.2) is 4.79 Å². The van der Waals surface area contributed by atoms with Crippen molar-refractivity contribution in [1.82, 2.24) is 16.0 Å². The highest BCUT2D eigenvalue weighted by Crippen LogP contribution is 2.09. The van der Waals surface area contributed by atoms with Crippen molar-refractivity contribution in [1.29, 1.82) is 0 Å². The van der Waals surface area contributed by atoms with Gasteiger partial charge in [0, 0.05) is 12.8 Å². The number of rotatable bonds is 9. The third-order valence-electron chi connectivity index (χ3n) is 4.44. The average molecular weight is 405 g/mol. The molecule has 1 aliphatic rings. The van der Waals surface area contributed by atoms with E-state index in [1.807, 2.05) is 30.3 Å². The monoisotopic (exact) mass is 405 g/mol. The summed E-state index contributed by atoms with van der Waals surface area (Å²) in [5.41, 5.74) is 0.874. The molecule has 1 aromatic rings. The summed E-state index contributed by atoms with van der Waals surface area (Å²) in [5, 5.41) is 16.5. The van der Waals surface area contributed by atoms with Crippen LogP contribution in [-0.4, -0.2) is 60.0 Å². The molecule has 10 heteroatoms. The van der Waals surface area contributed by atoms with Gasteiger partial charge < -0.3 is 25.8 Å². The maximum absolute atomic E-state index is 12.3. The van der Waals surface area contributed by atoms with Crippen LogP contribution in [0.25, 0.3) is 0 Å². The smallest absolute Gasteiger partial charge is 0.326 e. The van der Waals surface area contributed by atoms with Crippen LogP contribution < -0.4 is 16.0 Å². The van der Waals surface area contributed by atoms with Gasteiger partial charge in [-0.05, 0) is 12.0 Å². The Labute approximate surface area is 167 Å². The fraction of sp³-hybridized carbons (Fsp3) is 0.421. The van der Waals surface area contributed by atoms with Gasteiger partial charge in [-0.3, -0.25) is 19.2 Å². The molecule has 29 heavy (non-hydrogen) atoms. The van der Waals surface area contributed by atoms with E-state index in [9.17, 15) is 24.0 Å². The Hall–Kier alpha value is -3.43. The van der Waals surface area contributed by atoms with Gasteiger partial charge in [0.1, 0.15) is 18.1 Å². The molecule has 1 heterocycles. The van der Waals surface area contributed by atoms with Crippen LogP contribution in [0.5, 0.6) is 0 Å². The first-order chi connectivity index (χ1) is 13.8. The lowest BCUT2D eigenvalue weighted by atomic mass is 10.0. The van der Waals surface area contributed by atoms with E-state index >= 15 is 0 Å². The fourth-order valence-electron chi connectivity index (χ4n) is 2.87. The van der Waals surface area contributed by atoms with E-state index in [0.29, 0.717) is 6.42 Å². The van der Waals surface area contributed by atoms with E-state index in [2.05, 4.69) is 20.7 Å². The average Bonchev–Trinajstić information content (AvgIpc) is 2.69. The van der Waals surface area contributed by atoms with Crippen molar-refractivity contribution in [2.75, 3.05) is 7.11 Å². The van der Waals surface area contributed by atoms with Gasteiger partial charge in [0.25, 0.3) is 0 Å². The number of hydrogen-bond donors (Lipinski definition) is 4. The van der Waals surface area contributed by atoms with Crippen LogP contribution in [0.1, 0.15) is 24.8 Å². The molecule has 1 fully saturated rings. The van der Waals surface area contributed by atoms with Gasteiger partial charge >= 0.3 is 11.9 Å². The molecule has 2 rings (SSSR count). The zero-order chi connectivity index (χ0) is 21.4. The lowest BCUT2D eigenvalue weighted by Gasteiger charge is -2.29. The summed E-state index contributed by atoms with van der Waals surface area (Å²) in [6.07, 6.45) is -0.449. The standard InChI is InChI=1S/C19H23N3O7/c1-29-16(24)8-7-12(19(27)28)20-15(23)10-14-18(26)21-13(17(25)22-14)9-11-5-3-2-4-6-11/h2-6,12-14H,7-10H2,1H3,(H,20,23)(H,21,26)(H,22,25)(H,27,28)/t12-,13-,14-/m0/s1. The van der Waals surface area contributed by atoms with Crippen molar-refractivity contribution in [2.24, 2.45) is 0 Å². The number of esters is 1. The third kappa shape index (κ3) is 6.59. The molecule has 0 unspecified atom stereocenters. The lowest BCUT2D eigenvalue weighted by molar-refractivity contribution is -0.144. The predicted octanol–water partition coefficient (Wildman–Crippen LogP) is -0.875. The summed E-state index contributed by atoms with van der Waals surface area (Å²) < 4.78 is 4.44. The second kappa shape index (κ2) is 10.2. The van der Waals surface area contributed by atoms with E-state index in [0.717, 1.165) is 5.56 Å². The topological polar surface area (TPSA) is 151 Å². The Bertz CT molecular complexity index is 781. The Kier molecular flexibility index (Phi) is 7.70. The zero-order valence-corrected chi connectivity index (χ0v) is 15.8. The minimum atomic E-state index is -1.32. The number of aliphatic carboxylic acids is 1. The van der Waals surface area contributed by atoms with Crippen molar-refractivity contribution in [3.05, 3.63) is 35.9 Å². The molecule has 3 amide bonds. The molecule has 1 aliphatic heterocycles. The van der Waals surface area contributed by atoms with Crippen molar-refractivity contribution >= 4 is 29.7 Å². The Morgan fingerprint density at radius 1 is 1.10 bits per heavy atom. The van der Waals surface area contributed by atoms with Crippen LogP contribution in [0.15, 0.2) is 30.3 Å². The van der Waals surface area contributed by atoms with Crippen LogP contribution in [0.2, 0.25) is 0 Å². The minimum Gasteiger partial charge on any atom is -0.480 e. The molecule has 1 aromatic carbocycles. The molecule has 0 aromatic heterocycles. The van der Waals surface area contributed by atoms with Crippen LogP contribution in [-0.2, 0) is 35.1 Å². The van der Waals surface area contributed by atoms with E-state index in [1.165, 1.54) is 7.11 Å². The largest absolute Gasteiger partial charge is 0.480 e. The molecule has 1 saturated heterocycles. The SMILES string of the molecule is COC(=O)CC[C@H](NC(=O)C[C@@H]1NC(=O)[C@H](Cc2ccccc2)NC1=O)C(=O)O. The summed E-state index contributed by atoms with van der Waals surface area (Å²) in [5.74, 6) is -3.60. The molecular weight excluding hydrogens is 382 g/mol. The summed E-state index contributed by atoms with van der Waals surface area (Å²) in [7, 11) is 1.17. The summed E-state index contributed by atoms with van der Waals surface area (Å²) in [6, 6.07) is 5.98. The zero-order valence-electron chi connectivity index (χ0n) is 15.8. The number of benzene rings is 1. The number of carbonyl (C=O) groups excluding carboxylic acids is 4. The summed E-state index contributed by atoms with van der Waals surface area (Å²) in [4.78, 5) is 59.1. The number of hydrogen-bond acceptors (Lipinski definition) is 6. The molecule has 10 nitrogen and oxygen atoms in total. The molecule has 3 atom stereocenters. The molecule has 0 spiro atoms. The highest BCUT2D eigenvalue weighted by atomic mass is 16.5. The Morgan fingerprint density at radius 2 is 1.72 bits per heavy atom. The molecular formula is C19H23N3O7. The molecule has 0 aliphatic carbocycles. The van der Waals surface area contributed by atoms with E-state index in [-0.39, 0.29) is 12.8 Å². The number of amides is 3. The number of carboxylic acid groups (broad SMARTS) is 1. The summed E-state index contributed by atoms with van der Waals surface area (Å²) >= 11 is 0. The molecule has 156 valence electrons. The van der Waals surface area contributed by atoms with Crippen LogP contribution in [0.3, 0.4) is 0 Å². The maximum Gasteiger partial charge on any atom is 0.326 e. The normalized spacial score (nSPS) is 19.5. The minimum absolute atomic E-state index is 0.157. The van der Waals surface area contributed by atoms with Crippen molar-refractivity contribution < 1.29 is 33.8 Å². The van der Waals surface area contributed by atoms with Crippen LogP contribution >= 0.6 is 0 Å². The van der Waals surface area contributed by atoms with Crippen molar-refractivity contribution in [3.8, 4) is 0 Å². The van der Waals surface area contributed by atoms with Gasteiger partial charge in [-0.15, -0.1) is 0 Å². The predicted molar refractivity (Wildman–Crippen MR) is 99.4 cm³/mol. The summed E-state index contributed by atoms with van der Waals surface area (Å²) in [6.45, 7) is 0. The van der Waals surface area contributed by atoms with E-state index in [4.69, 9.17) is 5.11 Å². The van der Waals surface area contributed by atoms with Gasteiger partial charge in [-0.1, -0.05) is 30.3 Å². The molecule has 4 N–H and O–H groups in total. The second-order valence-electron chi connectivity index (χ2n) is 6.59. The van der Waals surface area contributed by atoms with Crippen LogP contribution in [0.4, 0.5) is 0 Å². The first kappa shape index (κ1) is 21.9. The maximum atomic E-state index is 12.3. The van der Waals surface area contributed by atoms with E-state index in [1.54, 1.807) is 0 Å². The number of nitrogens with one attached hydrogen (secondary N) is 3. The molecule has 0 radical (unpaired) electrons. The highest BCUT2D eigenvalue weighted by molar-refractivity contribution is 5.99. The second-order valence-corrected chi connectivity index (χ2v) is 6.59. The third-order valence-corrected chi connectivity index (χ3v) is 4.44. The molecule has 0 bridgehead atoms. The fourth-order valence-corrected chi connectivity index (χ4v) is 2.87. The van der Waals surface area contributed by atoms with Gasteiger partial charge in [0.2, 0.25) is 17.7 Å². The Balaban J connectivity index is 1.88. The number of carboxylic acids is 1. The quantitative estimate of drug-likeness (QED) is 0.390. The van der Waals surface area contributed by atoms with Crippen LogP contribution in [0, 0.1) is 0 Å². The van der Waals surface area contributed by atoms with Gasteiger partial charge in [0.05, 0.1) is 13.5 Å². The first-order valence-electron chi connectivity index (χ1n) is 9.03. The van der Waals surface area contributed by atoms with Gasteiger partial charge in [0.15, 0.2) is 0 Å². The Morgan fingerprint density at radius 3 is 2.34 bits per heavy atom. The van der Waals surface area contributed by atoms with Crippen molar-refractivity contribution in [2.45, 2.75) is 43.8 Å². The molecule has 0 saturated carbocycles. The number of methoxy groups -OCH3 is 1. The van der Waals surface area contributed by atoms with E-state index < -0.39 is 54.2 Å². The highest BCUT2D eigenvalue weighted by Gasteiger charge is 2.35. The first-order valence-corrected chi connectivity index (χ1v) is 9.03. The number of ether oxygens (including phenoxy) is 1. The van der Waals surface area contributed by atoms with Gasteiger partial charge in [-0.2, -0.15) is 0 Å².